The highest BCUT2D eigenvalue weighted by molar-refractivity contribution is 5.73. The lowest BCUT2D eigenvalue weighted by Gasteiger charge is -2.35. The number of carbonyl (C=O) groups excluding carboxylic acids is 1. The normalized spacial score (nSPS) is 18.4. The molecule has 0 aliphatic carbocycles. The van der Waals surface area contributed by atoms with Crippen LogP contribution >= 0.6 is 0 Å². The average Bonchev–Trinajstić information content (AvgIpc) is 2.39. The highest BCUT2D eigenvalue weighted by atomic mass is 19.1. The molecule has 4 nitrogen and oxygen atoms in total. The maximum absolute atomic E-state index is 13.5. The Balaban J connectivity index is 1.89. The molecule has 0 bridgehead atoms. The Bertz CT molecular complexity index is 445. The first-order chi connectivity index (χ1) is 9.08. The highest BCUT2D eigenvalue weighted by Crippen LogP contribution is 2.18. The summed E-state index contributed by atoms with van der Waals surface area (Å²) in [5, 5.41) is 10.1. The Labute approximate surface area is 112 Å². The van der Waals surface area contributed by atoms with Crippen molar-refractivity contribution in [2.24, 2.45) is 0 Å². The van der Waals surface area contributed by atoms with Crippen molar-refractivity contribution in [2.75, 3.05) is 32.7 Å². The average molecular weight is 266 g/mol. The molecule has 5 heteroatoms. The number of benzene rings is 1. The smallest absolute Gasteiger partial charge is 0.219 e. The van der Waals surface area contributed by atoms with Crippen molar-refractivity contribution < 1.29 is 14.3 Å². The van der Waals surface area contributed by atoms with Gasteiger partial charge in [0, 0.05) is 45.2 Å². The predicted octanol–water partition coefficient (Wildman–Crippen LogP) is 1.02. The fraction of sp³-hybridized carbons (Fsp3) is 0.500. The van der Waals surface area contributed by atoms with Crippen LogP contribution in [0.25, 0.3) is 0 Å². The maximum atomic E-state index is 13.5. The van der Waals surface area contributed by atoms with Gasteiger partial charge in [0.2, 0.25) is 5.91 Å². The molecule has 1 N–H and O–H groups in total. The quantitative estimate of drug-likeness (QED) is 0.888. The van der Waals surface area contributed by atoms with Crippen molar-refractivity contribution >= 4 is 5.91 Å². The second kappa shape index (κ2) is 6.12. The monoisotopic (exact) mass is 266 g/mol. The highest BCUT2D eigenvalue weighted by Gasteiger charge is 2.22. The molecular formula is C14H19FN2O2. The van der Waals surface area contributed by atoms with E-state index in [1.807, 2.05) is 0 Å². The summed E-state index contributed by atoms with van der Waals surface area (Å²) in [5.74, 6) is -0.299. The van der Waals surface area contributed by atoms with Crippen LogP contribution in [0.5, 0.6) is 0 Å². The van der Waals surface area contributed by atoms with Crippen LogP contribution in [0.1, 0.15) is 18.6 Å². The number of aliphatic hydroxyl groups excluding tert-OH is 1. The number of nitrogens with zero attached hydrogens (tertiary/aromatic N) is 2. The zero-order valence-electron chi connectivity index (χ0n) is 11.1. The molecule has 104 valence electrons. The fourth-order valence-corrected chi connectivity index (χ4v) is 2.33. The molecule has 1 aliphatic rings. The van der Waals surface area contributed by atoms with E-state index in [0.717, 1.165) is 0 Å². The van der Waals surface area contributed by atoms with Gasteiger partial charge in [-0.3, -0.25) is 9.69 Å². The van der Waals surface area contributed by atoms with Crippen molar-refractivity contribution in [2.45, 2.75) is 13.0 Å². The van der Waals surface area contributed by atoms with Crippen LogP contribution in [0.2, 0.25) is 0 Å². The molecule has 0 saturated carbocycles. The molecule has 1 saturated heterocycles. The molecule has 1 aliphatic heterocycles. The van der Waals surface area contributed by atoms with Gasteiger partial charge in [-0.15, -0.1) is 0 Å². The van der Waals surface area contributed by atoms with Crippen molar-refractivity contribution in [1.29, 1.82) is 0 Å². The summed E-state index contributed by atoms with van der Waals surface area (Å²) in [7, 11) is 0. The van der Waals surface area contributed by atoms with Crippen molar-refractivity contribution in [3.05, 3.63) is 35.6 Å². The first-order valence-electron chi connectivity index (χ1n) is 6.48. The number of aliphatic hydroxyl groups is 1. The van der Waals surface area contributed by atoms with Crippen molar-refractivity contribution in [3.63, 3.8) is 0 Å². The molecule has 19 heavy (non-hydrogen) atoms. The van der Waals surface area contributed by atoms with Gasteiger partial charge in [-0.2, -0.15) is 0 Å². The van der Waals surface area contributed by atoms with Gasteiger partial charge in [-0.05, 0) is 6.07 Å². The second-order valence-electron chi connectivity index (χ2n) is 4.84. The van der Waals surface area contributed by atoms with E-state index in [9.17, 15) is 14.3 Å². The van der Waals surface area contributed by atoms with Crippen molar-refractivity contribution in [1.82, 2.24) is 9.80 Å². The molecular weight excluding hydrogens is 247 g/mol. The van der Waals surface area contributed by atoms with Gasteiger partial charge < -0.3 is 10.0 Å². The zero-order valence-corrected chi connectivity index (χ0v) is 11.1. The number of β-amino-alcohol motifs (C(OH)–C–C–N with tert-alkyl or cyclic N) is 1. The van der Waals surface area contributed by atoms with Gasteiger partial charge >= 0.3 is 0 Å². The molecule has 1 heterocycles. The van der Waals surface area contributed by atoms with E-state index < -0.39 is 6.10 Å². The number of piperazine rings is 1. The molecule has 2 rings (SSSR count). The molecule has 1 unspecified atom stereocenters. The third-order valence-corrected chi connectivity index (χ3v) is 3.51. The Morgan fingerprint density at radius 2 is 1.95 bits per heavy atom. The maximum Gasteiger partial charge on any atom is 0.219 e. The molecule has 1 aromatic carbocycles. The van der Waals surface area contributed by atoms with E-state index >= 15 is 0 Å². The van der Waals surface area contributed by atoms with Gasteiger partial charge in [-0.25, -0.2) is 4.39 Å². The third kappa shape index (κ3) is 3.52. The third-order valence-electron chi connectivity index (χ3n) is 3.51. The molecule has 1 atom stereocenters. The summed E-state index contributed by atoms with van der Waals surface area (Å²) in [5.41, 5.74) is 0.330. The van der Waals surface area contributed by atoms with Crippen LogP contribution in [0.3, 0.4) is 0 Å². The van der Waals surface area contributed by atoms with Crippen LogP contribution in [0.15, 0.2) is 24.3 Å². The van der Waals surface area contributed by atoms with E-state index in [1.54, 1.807) is 30.0 Å². The SMILES string of the molecule is CC(=O)N1CCN(CC(O)c2ccccc2F)CC1. The van der Waals surface area contributed by atoms with Crippen LogP contribution in [0.4, 0.5) is 4.39 Å². The number of carbonyl (C=O) groups is 1. The van der Waals surface area contributed by atoms with Gasteiger partial charge in [0.25, 0.3) is 0 Å². The number of halogens is 1. The second-order valence-corrected chi connectivity index (χ2v) is 4.84. The Kier molecular flexibility index (Phi) is 4.50. The molecule has 1 fully saturated rings. The molecule has 0 spiro atoms. The summed E-state index contributed by atoms with van der Waals surface area (Å²) in [6.45, 7) is 4.71. The van der Waals surface area contributed by atoms with E-state index in [2.05, 4.69) is 4.90 Å². The topological polar surface area (TPSA) is 43.8 Å². The Hall–Kier alpha value is -1.46. The van der Waals surface area contributed by atoms with Crippen LogP contribution in [-0.2, 0) is 4.79 Å². The Morgan fingerprint density at radius 3 is 2.53 bits per heavy atom. The van der Waals surface area contributed by atoms with E-state index in [1.165, 1.54) is 6.07 Å². The fourth-order valence-electron chi connectivity index (χ4n) is 2.33. The zero-order chi connectivity index (χ0) is 13.8. The van der Waals surface area contributed by atoms with Crippen molar-refractivity contribution in [3.8, 4) is 0 Å². The van der Waals surface area contributed by atoms with Crippen LogP contribution in [0, 0.1) is 5.82 Å². The van der Waals surface area contributed by atoms with Gasteiger partial charge in [0.15, 0.2) is 0 Å². The van der Waals surface area contributed by atoms with E-state index in [0.29, 0.717) is 38.3 Å². The number of hydrogen-bond donors (Lipinski definition) is 1. The van der Waals surface area contributed by atoms with Crippen LogP contribution < -0.4 is 0 Å². The van der Waals surface area contributed by atoms with Crippen LogP contribution in [-0.4, -0.2) is 53.5 Å². The molecule has 0 aromatic heterocycles. The number of amides is 1. The first kappa shape index (κ1) is 14.0. The summed E-state index contributed by atoms with van der Waals surface area (Å²) >= 11 is 0. The van der Waals surface area contributed by atoms with Gasteiger partial charge in [-0.1, -0.05) is 18.2 Å². The first-order valence-corrected chi connectivity index (χ1v) is 6.48. The standard InChI is InChI=1S/C14H19FN2O2/c1-11(18)17-8-6-16(7-9-17)10-14(19)12-4-2-3-5-13(12)15/h2-5,14,19H,6-10H2,1H3. The van der Waals surface area contributed by atoms with Gasteiger partial charge in [0.1, 0.15) is 5.82 Å². The summed E-state index contributed by atoms with van der Waals surface area (Å²) in [6, 6.07) is 6.28. The van der Waals surface area contributed by atoms with E-state index in [-0.39, 0.29) is 11.7 Å². The minimum absolute atomic E-state index is 0.0781. The largest absolute Gasteiger partial charge is 0.387 e. The summed E-state index contributed by atoms with van der Waals surface area (Å²) < 4.78 is 13.5. The molecule has 0 radical (unpaired) electrons. The molecule has 1 amide bonds. The lowest BCUT2D eigenvalue weighted by molar-refractivity contribution is -0.130. The van der Waals surface area contributed by atoms with Gasteiger partial charge in [0.05, 0.1) is 6.10 Å². The lowest BCUT2D eigenvalue weighted by Crippen LogP contribution is -2.49. The minimum atomic E-state index is -0.829. The number of rotatable bonds is 3. The summed E-state index contributed by atoms with van der Waals surface area (Å²) in [4.78, 5) is 15.0. The Morgan fingerprint density at radius 1 is 1.32 bits per heavy atom. The number of hydrogen-bond acceptors (Lipinski definition) is 3. The van der Waals surface area contributed by atoms with E-state index in [4.69, 9.17) is 0 Å². The summed E-state index contributed by atoms with van der Waals surface area (Å²) in [6.07, 6.45) is -0.829. The minimum Gasteiger partial charge on any atom is -0.387 e. The predicted molar refractivity (Wildman–Crippen MR) is 70.1 cm³/mol. The molecule has 1 aromatic rings. The lowest BCUT2D eigenvalue weighted by atomic mass is 10.1.